The zero-order valence-electron chi connectivity index (χ0n) is 12.4. The van der Waals surface area contributed by atoms with E-state index in [2.05, 4.69) is 46.8 Å². The number of aromatic nitrogens is 2. The molecule has 2 aromatic rings. The summed E-state index contributed by atoms with van der Waals surface area (Å²) in [7, 11) is 0. The van der Waals surface area contributed by atoms with E-state index in [-0.39, 0.29) is 0 Å². The molecule has 0 aliphatic heterocycles. The normalized spacial score (nSPS) is 18.0. The minimum Gasteiger partial charge on any atom is -0.312 e. The molecule has 21 heavy (non-hydrogen) atoms. The molecule has 1 aromatic carbocycles. The van der Waals surface area contributed by atoms with Crippen LogP contribution in [0.2, 0.25) is 0 Å². The summed E-state index contributed by atoms with van der Waals surface area (Å²) in [5.41, 5.74) is 2.72. The Morgan fingerprint density at radius 3 is 2.81 bits per heavy atom. The van der Waals surface area contributed by atoms with Crippen LogP contribution in [0.4, 0.5) is 0 Å². The lowest BCUT2D eigenvalue weighted by molar-refractivity contribution is 0.440. The second kappa shape index (κ2) is 7.23. The molecule has 3 heteroatoms. The van der Waals surface area contributed by atoms with Gasteiger partial charge in [-0.15, -0.1) is 0 Å². The average molecular weight is 281 g/mol. The number of benzene rings is 1. The summed E-state index contributed by atoms with van der Waals surface area (Å²) in [5.74, 6) is 0.799. The third kappa shape index (κ3) is 4.05. The van der Waals surface area contributed by atoms with Crippen molar-refractivity contribution in [3.63, 3.8) is 0 Å². The lowest BCUT2D eigenvalue weighted by Gasteiger charge is -2.19. The summed E-state index contributed by atoms with van der Waals surface area (Å²) in [6.45, 7) is 2.90. The molecule has 110 valence electrons. The van der Waals surface area contributed by atoms with Gasteiger partial charge in [0, 0.05) is 18.9 Å². The zero-order chi connectivity index (χ0) is 14.3. The maximum absolute atomic E-state index is 4.30. The van der Waals surface area contributed by atoms with Crippen molar-refractivity contribution in [3.8, 4) is 0 Å². The first-order chi connectivity index (χ1) is 10.4. The molecule has 1 aliphatic rings. The van der Waals surface area contributed by atoms with E-state index in [4.69, 9.17) is 0 Å². The number of hydrogen-bond acceptors (Lipinski definition) is 2. The van der Waals surface area contributed by atoms with Crippen molar-refractivity contribution in [2.45, 2.75) is 32.4 Å². The van der Waals surface area contributed by atoms with Gasteiger partial charge < -0.3 is 5.32 Å². The van der Waals surface area contributed by atoms with E-state index >= 15 is 0 Å². The highest BCUT2D eigenvalue weighted by Gasteiger charge is 2.09. The van der Waals surface area contributed by atoms with Crippen LogP contribution in [0.15, 0.2) is 54.9 Å². The van der Waals surface area contributed by atoms with Gasteiger partial charge in [0.25, 0.3) is 0 Å². The Bertz CT molecular complexity index is 572. The van der Waals surface area contributed by atoms with Crippen molar-refractivity contribution in [1.82, 2.24) is 15.1 Å². The molecule has 3 nitrogen and oxygen atoms in total. The quantitative estimate of drug-likeness (QED) is 0.823. The fourth-order valence-corrected chi connectivity index (χ4v) is 2.91. The molecule has 0 amide bonds. The van der Waals surface area contributed by atoms with E-state index in [9.17, 15) is 0 Å². The highest BCUT2D eigenvalue weighted by molar-refractivity contribution is 5.27. The molecule has 3 rings (SSSR count). The molecular formula is C18H23N3. The second-order valence-corrected chi connectivity index (χ2v) is 5.75. The van der Waals surface area contributed by atoms with Crippen molar-refractivity contribution in [3.05, 3.63) is 66.0 Å². The third-order valence-corrected chi connectivity index (χ3v) is 4.14. The van der Waals surface area contributed by atoms with E-state index < -0.39 is 0 Å². The van der Waals surface area contributed by atoms with Crippen molar-refractivity contribution in [2.75, 3.05) is 6.54 Å². The molecule has 1 N–H and O–H groups in total. The highest BCUT2D eigenvalue weighted by atomic mass is 15.3. The Morgan fingerprint density at radius 1 is 1.14 bits per heavy atom. The van der Waals surface area contributed by atoms with Crippen LogP contribution in [-0.4, -0.2) is 16.3 Å². The Hall–Kier alpha value is -1.87. The molecule has 0 spiro atoms. The average Bonchev–Trinajstić information content (AvgIpc) is 3.03. The minimum atomic E-state index is 0.799. The lowest BCUT2D eigenvalue weighted by atomic mass is 9.94. The van der Waals surface area contributed by atoms with E-state index in [0.29, 0.717) is 0 Å². The molecule has 0 fully saturated rings. The second-order valence-electron chi connectivity index (χ2n) is 5.75. The summed E-state index contributed by atoms with van der Waals surface area (Å²) in [6.07, 6.45) is 12.2. The monoisotopic (exact) mass is 281 g/mol. The van der Waals surface area contributed by atoms with Gasteiger partial charge in [-0.1, -0.05) is 36.4 Å². The Kier molecular flexibility index (Phi) is 4.85. The van der Waals surface area contributed by atoms with Crippen LogP contribution in [-0.2, 0) is 13.1 Å². The first kappa shape index (κ1) is 14.1. The molecule has 1 unspecified atom stereocenters. The van der Waals surface area contributed by atoms with Crippen LogP contribution in [0.1, 0.15) is 30.4 Å². The predicted octanol–water partition coefficient (Wildman–Crippen LogP) is 3.38. The maximum atomic E-state index is 4.30. The topological polar surface area (TPSA) is 29.9 Å². The van der Waals surface area contributed by atoms with Crippen LogP contribution >= 0.6 is 0 Å². The van der Waals surface area contributed by atoms with Crippen molar-refractivity contribution < 1.29 is 0 Å². The smallest absolute Gasteiger partial charge is 0.0662 e. The highest BCUT2D eigenvalue weighted by Crippen LogP contribution is 2.17. The zero-order valence-corrected chi connectivity index (χ0v) is 12.4. The predicted molar refractivity (Wildman–Crippen MR) is 86.0 cm³/mol. The van der Waals surface area contributed by atoms with Crippen LogP contribution in [0.3, 0.4) is 0 Å². The van der Waals surface area contributed by atoms with Gasteiger partial charge in [-0.2, -0.15) is 5.10 Å². The van der Waals surface area contributed by atoms with E-state index in [1.165, 1.54) is 30.4 Å². The van der Waals surface area contributed by atoms with E-state index in [1.807, 2.05) is 23.1 Å². The molecule has 1 aliphatic carbocycles. The number of hydrogen-bond donors (Lipinski definition) is 1. The SMILES string of the molecule is C1=CCC(CNCc2ccccc2Cn2cccn2)CC1. The van der Waals surface area contributed by atoms with Gasteiger partial charge in [-0.3, -0.25) is 4.68 Å². The summed E-state index contributed by atoms with van der Waals surface area (Å²) >= 11 is 0. The van der Waals surface area contributed by atoms with Crippen molar-refractivity contribution >= 4 is 0 Å². The minimum absolute atomic E-state index is 0.799. The van der Waals surface area contributed by atoms with E-state index in [1.54, 1.807) is 0 Å². The van der Waals surface area contributed by atoms with Crippen LogP contribution < -0.4 is 5.32 Å². The lowest BCUT2D eigenvalue weighted by Crippen LogP contribution is -2.23. The van der Waals surface area contributed by atoms with Gasteiger partial charge in [0.15, 0.2) is 0 Å². The Labute approximate surface area is 126 Å². The number of nitrogens with one attached hydrogen (secondary N) is 1. The molecule has 0 radical (unpaired) electrons. The summed E-state index contributed by atoms with van der Waals surface area (Å²) in [6, 6.07) is 10.6. The number of nitrogens with zero attached hydrogens (tertiary/aromatic N) is 2. The van der Waals surface area contributed by atoms with Gasteiger partial charge in [0.1, 0.15) is 0 Å². The van der Waals surface area contributed by atoms with Gasteiger partial charge >= 0.3 is 0 Å². The molecule has 0 saturated heterocycles. The van der Waals surface area contributed by atoms with Gasteiger partial charge in [0.05, 0.1) is 6.54 Å². The number of allylic oxidation sites excluding steroid dienone is 2. The third-order valence-electron chi connectivity index (χ3n) is 4.14. The first-order valence-corrected chi connectivity index (χ1v) is 7.82. The maximum Gasteiger partial charge on any atom is 0.0662 e. The molecular weight excluding hydrogens is 258 g/mol. The summed E-state index contributed by atoms with van der Waals surface area (Å²) in [4.78, 5) is 0. The number of rotatable bonds is 6. The van der Waals surface area contributed by atoms with Crippen LogP contribution in [0.5, 0.6) is 0 Å². The van der Waals surface area contributed by atoms with Gasteiger partial charge in [-0.05, 0) is 48.9 Å². The van der Waals surface area contributed by atoms with Crippen molar-refractivity contribution in [2.24, 2.45) is 5.92 Å². The van der Waals surface area contributed by atoms with Gasteiger partial charge in [-0.25, -0.2) is 0 Å². The molecule has 1 aromatic heterocycles. The molecule has 1 atom stereocenters. The standard InChI is InChI=1S/C18H23N3/c1-2-7-16(8-3-1)13-19-14-17-9-4-5-10-18(17)15-21-12-6-11-20-21/h1-2,4-6,9-12,16,19H,3,7-8,13-15H2. The fraction of sp³-hybridized carbons (Fsp3) is 0.389. The fourth-order valence-electron chi connectivity index (χ4n) is 2.91. The molecule has 0 saturated carbocycles. The Balaban J connectivity index is 1.56. The first-order valence-electron chi connectivity index (χ1n) is 7.82. The molecule has 0 bridgehead atoms. The molecule has 1 heterocycles. The van der Waals surface area contributed by atoms with Crippen LogP contribution in [0, 0.1) is 5.92 Å². The largest absolute Gasteiger partial charge is 0.312 e. The van der Waals surface area contributed by atoms with Gasteiger partial charge in [0.2, 0.25) is 0 Å². The summed E-state index contributed by atoms with van der Waals surface area (Å²) in [5, 5.41) is 7.92. The summed E-state index contributed by atoms with van der Waals surface area (Å²) < 4.78 is 1.98. The van der Waals surface area contributed by atoms with Crippen molar-refractivity contribution in [1.29, 1.82) is 0 Å². The Morgan fingerprint density at radius 2 is 2.05 bits per heavy atom. The van der Waals surface area contributed by atoms with E-state index in [0.717, 1.165) is 25.6 Å². The van der Waals surface area contributed by atoms with Crippen LogP contribution in [0.25, 0.3) is 0 Å².